The van der Waals surface area contributed by atoms with E-state index in [1.165, 1.54) is 24.3 Å². The van der Waals surface area contributed by atoms with Gasteiger partial charge in [0.2, 0.25) is 0 Å². The van der Waals surface area contributed by atoms with E-state index in [1.54, 1.807) is 19.1 Å². The first kappa shape index (κ1) is 12.7. The molecule has 0 N–H and O–H groups in total. The second-order valence-corrected chi connectivity index (χ2v) is 5.18. The Morgan fingerprint density at radius 2 is 1.89 bits per heavy atom. The van der Waals surface area contributed by atoms with Crippen LogP contribution < -0.4 is 0 Å². The maximum absolute atomic E-state index is 13.6. The zero-order valence-corrected chi connectivity index (χ0v) is 11.1. The predicted molar refractivity (Wildman–Crippen MR) is 74.0 cm³/mol. The van der Waals surface area contributed by atoms with Crippen LogP contribution in [0.5, 0.6) is 0 Å². The Bertz CT molecular complexity index is 610. The topological polar surface area (TPSA) is 17.1 Å². The standard InChI is InChI=1S/C15H13FOS/c1-10(11(2)17)9-12-7-8-15(18-12)13-5-3-4-6-14(13)16/h3-9H,1-2H3/b10-9+. The van der Waals surface area contributed by atoms with Crippen LogP contribution in [0.3, 0.4) is 0 Å². The van der Waals surface area contributed by atoms with Crippen molar-refractivity contribution in [3.63, 3.8) is 0 Å². The van der Waals surface area contributed by atoms with Crippen molar-refractivity contribution < 1.29 is 9.18 Å². The fraction of sp³-hybridized carbons (Fsp3) is 0.133. The summed E-state index contributed by atoms with van der Waals surface area (Å²) in [4.78, 5) is 13.0. The SMILES string of the molecule is CC(=O)/C(C)=C/c1ccc(-c2ccccc2F)s1. The van der Waals surface area contributed by atoms with Crippen LogP contribution >= 0.6 is 11.3 Å². The lowest BCUT2D eigenvalue weighted by Gasteiger charge is -1.98. The Kier molecular flexibility index (Phi) is 3.72. The maximum Gasteiger partial charge on any atom is 0.155 e. The molecule has 0 aliphatic rings. The molecule has 0 unspecified atom stereocenters. The molecule has 0 saturated heterocycles. The highest BCUT2D eigenvalue weighted by atomic mass is 32.1. The molecular formula is C15H13FOS. The number of hydrogen-bond donors (Lipinski definition) is 0. The largest absolute Gasteiger partial charge is 0.295 e. The van der Waals surface area contributed by atoms with E-state index in [1.807, 2.05) is 24.3 Å². The van der Waals surface area contributed by atoms with E-state index >= 15 is 0 Å². The van der Waals surface area contributed by atoms with E-state index in [9.17, 15) is 9.18 Å². The van der Waals surface area contributed by atoms with Crippen LogP contribution in [-0.4, -0.2) is 5.78 Å². The summed E-state index contributed by atoms with van der Waals surface area (Å²) in [7, 11) is 0. The Morgan fingerprint density at radius 1 is 1.17 bits per heavy atom. The molecule has 0 saturated carbocycles. The third kappa shape index (κ3) is 2.74. The number of carbonyl (C=O) groups excluding carboxylic acids is 1. The van der Waals surface area contributed by atoms with E-state index in [2.05, 4.69) is 0 Å². The summed E-state index contributed by atoms with van der Waals surface area (Å²) in [5.74, 6) is -0.172. The molecule has 1 aromatic carbocycles. The molecule has 0 atom stereocenters. The number of rotatable bonds is 3. The second-order valence-electron chi connectivity index (χ2n) is 4.07. The van der Waals surface area contributed by atoms with E-state index in [4.69, 9.17) is 0 Å². The molecule has 92 valence electrons. The van der Waals surface area contributed by atoms with Gasteiger partial charge in [-0.05, 0) is 43.7 Å². The molecule has 3 heteroatoms. The molecule has 0 bridgehead atoms. The summed E-state index contributed by atoms with van der Waals surface area (Å²) in [6, 6.07) is 10.5. The number of Topliss-reactive ketones (excluding diaryl/α,β-unsaturated/α-hetero) is 1. The van der Waals surface area contributed by atoms with E-state index < -0.39 is 0 Å². The lowest BCUT2D eigenvalue weighted by molar-refractivity contribution is -0.113. The fourth-order valence-corrected chi connectivity index (χ4v) is 2.59. The average molecular weight is 260 g/mol. The zero-order chi connectivity index (χ0) is 13.1. The van der Waals surface area contributed by atoms with Crippen molar-refractivity contribution >= 4 is 23.2 Å². The van der Waals surface area contributed by atoms with E-state index in [-0.39, 0.29) is 11.6 Å². The van der Waals surface area contributed by atoms with Crippen LogP contribution in [0.15, 0.2) is 42.0 Å². The van der Waals surface area contributed by atoms with Crippen molar-refractivity contribution in [3.05, 3.63) is 52.7 Å². The molecule has 1 nitrogen and oxygen atoms in total. The Labute approximate surface area is 110 Å². The van der Waals surface area contributed by atoms with Gasteiger partial charge in [0.05, 0.1) is 0 Å². The van der Waals surface area contributed by atoms with Crippen molar-refractivity contribution in [2.45, 2.75) is 13.8 Å². The van der Waals surface area contributed by atoms with Gasteiger partial charge in [-0.2, -0.15) is 0 Å². The third-order valence-corrected chi connectivity index (χ3v) is 3.75. The van der Waals surface area contributed by atoms with Gasteiger partial charge in [0.1, 0.15) is 5.82 Å². The lowest BCUT2D eigenvalue weighted by Crippen LogP contribution is -1.89. The molecule has 1 heterocycles. The third-order valence-electron chi connectivity index (χ3n) is 2.68. The van der Waals surface area contributed by atoms with Crippen LogP contribution in [0, 0.1) is 5.82 Å². The second kappa shape index (κ2) is 5.27. The number of allylic oxidation sites excluding steroid dienone is 1. The smallest absolute Gasteiger partial charge is 0.155 e. The number of hydrogen-bond acceptors (Lipinski definition) is 2. The van der Waals surface area contributed by atoms with E-state index in [0.29, 0.717) is 11.1 Å². The minimum atomic E-state index is -0.224. The van der Waals surface area contributed by atoms with Gasteiger partial charge < -0.3 is 0 Å². The molecule has 0 amide bonds. The van der Waals surface area contributed by atoms with Gasteiger partial charge in [0.15, 0.2) is 5.78 Å². The van der Waals surface area contributed by atoms with Gasteiger partial charge in [-0.1, -0.05) is 18.2 Å². The summed E-state index contributed by atoms with van der Waals surface area (Å²) in [6.07, 6.45) is 1.83. The Balaban J connectivity index is 2.35. The molecular weight excluding hydrogens is 247 g/mol. The molecule has 18 heavy (non-hydrogen) atoms. The molecule has 2 rings (SSSR count). The minimum absolute atomic E-state index is 0.0517. The molecule has 0 spiro atoms. The predicted octanol–water partition coefficient (Wildman–Crippen LogP) is 4.55. The Morgan fingerprint density at radius 3 is 2.56 bits per heavy atom. The van der Waals surface area contributed by atoms with Crippen LogP contribution in [-0.2, 0) is 4.79 Å². The van der Waals surface area contributed by atoms with Crippen molar-refractivity contribution in [2.24, 2.45) is 0 Å². The summed E-state index contributed by atoms with van der Waals surface area (Å²) >= 11 is 1.48. The molecule has 0 radical (unpaired) electrons. The van der Waals surface area contributed by atoms with Crippen molar-refractivity contribution in [1.82, 2.24) is 0 Å². The summed E-state index contributed by atoms with van der Waals surface area (Å²) in [6.45, 7) is 3.32. The minimum Gasteiger partial charge on any atom is -0.295 e. The van der Waals surface area contributed by atoms with Crippen molar-refractivity contribution in [2.75, 3.05) is 0 Å². The number of benzene rings is 1. The van der Waals surface area contributed by atoms with Gasteiger partial charge in [-0.25, -0.2) is 4.39 Å². The highest BCUT2D eigenvalue weighted by molar-refractivity contribution is 7.16. The van der Waals surface area contributed by atoms with Crippen LogP contribution in [0.2, 0.25) is 0 Å². The lowest BCUT2D eigenvalue weighted by atomic mass is 10.1. The fourth-order valence-electron chi connectivity index (χ4n) is 1.55. The first-order valence-electron chi connectivity index (χ1n) is 5.62. The normalized spacial score (nSPS) is 11.6. The summed E-state index contributed by atoms with van der Waals surface area (Å²) in [5.41, 5.74) is 1.31. The van der Waals surface area contributed by atoms with Gasteiger partial charge in [-0.3, -0.25) is 4.79 Å². The molecule has 0 aliphatic carbocycles. The first-order valence-corrected chi connectivity index (χ1v) is 6.43. The number of ketones is 1. The number of thiophene rings is 1. The quantitative estimate of drug-likeness (QED) is 0.740. The van der Waals surface area contributed by atoms with Gasteiger partial charge >= 0.3 is 0 Å². The highest BCUT2D eigenvalue weighted by Crippen LogP contribution is 2.31. The Hall–Kier alpha value is -1.74. The highest BCUT2D eigenvalue weighted by Gasteiger charge is 2.07. The molecule has 1 aromatic heterocycles. The number of halogens is 1. The molecule has 2 aromatic rings. The van der Waals surface area contributed by atoms with Gasteiger partial charge in [0.25, 0.3) is 0 Å². The van der Waals surface area contributed by atoms with Crippen molar-refractivity contribution in [1.29, 1.82) is 0 Å². The summed E-state index contributed by atoms with van der Waals surface area (Å²) in [5, 5.41) is 0. The maximum atomic E-state index is 13.6. The molecule has 0 aliphatic heterocycles. The van der Waals surface area contributed by atoms with Gasteiger partial charge in [-0.15, -0.1) is 11.3 Å². The van der Waals surface area contributed by atoms with E-state index in [0.717, 1.165) is 9.75 Å². The summed E-state index contributed by atoms with van der Waals surface area (Å²) < 4.78 is 13.6. The van der Waals surface area contributed by atoms with Crippen molar-refractivity contribution in [3.8, 4) is 10.4 Å². The van der Waals surface area contributed by atoms with Crippen LogP contribution in [0.25, 0.3) is 16.5 Å². The monoisotopic (exact) mass is 260 g/mol. The van der Waals surface area contributed by atoms with Crippen LogP contribution in [0.4, 0.5) is 4.39 Å². The molecule has 0 fully saturated rings. The zero-order valence-electron chi connectivity index (χ0n) is 10.2. The first-order chi connectivity index (χ1) is 8.58. The van der Waals surface area contributed by atoms with Crippen LogP contribution in [0.1, 0.15) is 18.7 Å². The number of carbonyl (C=O) groups is 1. The van der Waals surface area contributed by atoms with Gasteiger partial charge in [0, 0.05) is 15.3 Å². The average Bonchev–Trinajstić information content (AvgIpc) is 2.77.